The number of amides is 1. The van der Waals surface area contributed by atoms with Gasteiger partial charge in [-0.3, -0.25) is 19.9 Å². The molecule has 0 radical (unpaired) electrons. The molecular formula is C23H20N4O6. The van der Waals surface area contributed by atoms with Crippen molar-refractivity contribution in [3.05, 3.63) is 93.3 Å². The third-order valence-electron chi connectivity index (χ3n) is 4.42. The molecule has 0 saturated heterocycles. The number of esters is 1. The van der Waals surface area contributed by atoms with Gasteiger partial charge in [0.05, 0.1) is 23.3 Å². The Hall–Kier alpha value is -4.60. The first kappa shape index (κ1) is 23.1. The Morgan fingerprint density at radius 3 is 2.52 bits per heavy atom. The van der Waals surface area contributed by atoms with Crippen molar-refractivity contribution in [3.8, 4) is 11.5 Å². The van der Waals surface area contributed by atoms with Gasteiger partial charge in [-0.1, -0.05) is 0 Å². The number of pyridine rings is 1. The van der Waals surface area contributed by atoms with Crippen LogP contribution in [0.4, 0.5) is 5.69 Å². The molecule has 0 unspecified atom stereocenters. The van der Waals surface area contributed by atoms with Crippen LogP contribution in [0.2, 0.25) is 0 Å². The van der Waals surface area contributed by atoms with Gasteiger partial charge in [-0.2, -0.15) is 5.10 Å². The van der Waals surface area contributed by atoms with Gasteiger partial charge in [0.15, 0.2) is 11.5 Å². The number of hydrogen-bond acceptors (Lipinski definition) is 8. The molecule has 33 heavy (non-hydrogen) atoms. The van der Waals surface area contributed by atoms with Crippen LogP contribution in [0.15, 0.2) is 66.0 Å². The lowest BCUT2D eigenvalue weighted by atomic mass is 10.1. The summed E-state index contributed by atoms with van der Waals surface area (Å²) in [7, 11) is 0. The molecule has 1 amide bonds. The van der Waals surface area contributed by atoms with E-state index in [2.05, 4.69) is 15.5 Å². The number of carbonyl (C=O) groups excluding carboxylic acids is 2. The van der Waals surface area contributed by atoms with Crippen LogP contribution in [-0.2, 0) is 0 Å². The van der Waals surface area contributed by atoms with Gasteiger partial charge in [0.1, 0.15) is 0 Å². The smallest absolute Gasteiger partial charge is 0.343 e. The number of aromatic nitrogens is 1. The summed E-state index contributed by atoms with van der Waals surface area (Å²) >= 11 is 0. The summed E-state index contributed by atoms with van der Waals surface area (Å²) in [4.78, 5) is 38.9. The Morgan fingerprint density at radius 2 is 1.85 bits per heavy atom. The monoisotopic (exact) mass is 448 g/mol. The molecule has 3 aromatic rings. The number of nitro benzene ring substituents is 1. The molecule has 1 heterocycles. The minimum absolute atomic E-state index is 0.0822. The molecule has 0 aliphatic carbocycles. The van der Waals surface area contributed by atoms with Crippen molar-refractivity contribution in [2.75, 3.05) is 6.61 Å². The standard InChI is InChI=1S/C23H20N4O6/c1-3-32-21-13-16(14-25-26-22(28)17-8-10-24-11-9-17)4-7-20(21)33-23(29)18-5-6-19(27(30)31)15(2)12-18/h4-14H,3H2,1-2H3,(H,26,28)/b25-14-. The topological polar surface area (TPSA) is 133 Å². The van der Waals surface area contributed by atoms with Crippen molar-refractivity contribution >= 4 is 23.8 Å². The second-order valence-corrected chi connectivity index (χ2v) is 6.72. The predicted octanol–water partition coefficient (Wildman–Crippen LogP) is 3.68. The predicted molar refractivity (Wildman–Crippen MR) is 120 cm³/mol. The van der Waals surface area contributed by atoms with E-state index in [4.69, 9.17) is 9.47 Å². The van der Waals surface area contributed by atoms with E-state index in [1.807, 2.05) is 0 Å². The zero-order valence-corrected chi connectivity index (χ0v) is 17.8. The molecule has 10 nitrogen and oxygen atoms in total. The average Bonchev–Trinajstić information content (AvgIpc) is 2.81. The Kier molecular flexibility index (Phi) is 7.43. The zero-order chi connectivity index (χ0) is 23.8. The summed E-state index contributed by atoms with van der Waals surface area (Å²) in [5, 5.41) is 14.9. The minimum atomic E-state index is -0.681. The maximum absolute atomic E-state index is 12.5. The fraction of sp³-hybridized carbons (Fsp3) is 0.130. The molecule has 1 N–H and O–H groups in total. The number of rotatable bonds is 8. The summed E-state index contributed by atoms with van der Waals surface area (Å²) in [5.74, 6) is -0.590. The highest BCUT2D eigenvalue weighted by Crippen LogP contribution is 2.29. The number of ether oxygens (including phenoxy) is 2. The maximum atomic E-state index is 12.5. The van der Waals surface area contributed by atoms with E-state index in [1.54, 1.807) is 38.1 Å². The first-order valence-electron chi connectivity index (χ1n) is 9.86. The van der Waals surface area contributed by atoms with E-state index in [1.165, 1.54) is 42.9 Å². The quantitative estimate of drug-likeness (QED) is 0.183. The van der Waals surface area contributed by atoms with Crippen LogP contribution < -0.4 is 14.9 Å². The molecule has 0 atom stereocenters. The van der Waals surface area contributed by atoms with Crippen molar-refractivity contribution in [3.63, 3.8) is 0 Å². The van der Waals surface area contributed by atoms with Crippen LogP contribution in [0.5, 0.6) is 11.5 Å². The largest absolute Gasteiger partial charge is 0.490 e. The molecule has 0 spiro atoms. The second kappa shape index (κ2) is 10.6. The van der Waals surface area contributed by atoms with Gasteiger partial charge in [0.25, 0.3) is 11.6 Å². The number of hydrogen-bond donors (Lipinski definition) is 1. The molecule has 168 valence electrons. The van der Waals surface area contributed by atoms with Crippen LogP contribution in [0.25, 0.3) is 0 Å². The van der Waals surface area contributed by atoms with Crippen LogP contribution >= 0.6 is 0 Å². The van der Waals surface area contributed by atoms with Gasteiger partial charge in [0, 0.05) is 29.6 Å². The molecule has 2 aromatic carbocycles. The number of hydrazone groups is 1. The van der Waals surface area contributed by atoms with Gasteiger partial charge in [-0.15, -0.1) is 0 Å². The molecule has 1 aromatic heterocycles. The highest BCUT2D eigenvalue weighted by molar-refractivity contribution is 5.95. The first-order chi connectivity index (χ1) is 15.9. The van der Waals surface area contributed by atoms with E-state index >= 15 is 0 Å². The van der Waals surface area contributed by atoms with Crippen molar-refractivity contribution < 1.29 is 24.0 Å². The number of aryl methyl sites for hydroxylation is 1. The second-order valence-electron chi connectivity index (χ2n) is 6.72. The van der Waals surface area contributed by atoms with Gasteiger partial charge in [0.2, 0.25) is 0 Å². The molecule has 0 aliphatic rings. The number of nitrogens with zero attached hydrogens (tertiary/aromatic N) is 3. The lowest BCUT2D eigenvalue weighted by molar-refractivity contribution is -0.385. The molecular weight excluding hydrogens is 428 g/mol. The Morgan fingerprint density at radius 1 is 1.09 bits per heavy atom. The van der Waals surface area contributed by atoms with Crippen molar-refractivity contribution in [1.82, 2.24) is 10.4 Å². The summed E-state index contributed by atoms with van der Waals surface area (Å²) < 4.78 is 11.0. The summed E-state index contributed by atoms with van der Waals surface area (Å²) in [6.45, 7) is 3.64. The number of carbonyl (C=O) groups is 2. The van der Waals surface area contributed by atoms with Crippen LogP contribution in [-0.4, -0.2) is 34.6 Å². The summed E-state index contributed by atoms with van der Waals surface area (Å²) in [5.41, 5.74) is 3.86. The van der Waals surface area contributed by atoms with Crippen molar-refractivity contribution in [2.45, 2.75) is 13.8 Å². The van der Waals surface area contributed by atoms with Gasteiger partial charge in [-0.25, -0.2) is 10.2 Å². The van der Waals surface area contributed by atoms with Crippen molar-refractivity contribution in [1.29, 1.82) is 0 Å². The molecule has 3 rings (SSSR count). The molecule has 0 fully saturated rings. The molecule has 0 bridgehead atoms. The Bertz CT molecular complexity index is 1210. The van der Waals surface area contributed by atoms with E-state index in [9.17, 15) is 19.7 Å². The van der Waals surface area contributed by atoms with Crippen LogP contribution in [0, 0.1) is 17.0 Å². The van der Waals surface area contributed by atoms with Crippen molar-refractivity contribution in [2.24, 2.45) is 5.10 Å². The third-order valence-corrected chi connectivity index (χ3v) is 4.42. The molecule has 0 aliphatic heterocycles. The van der Waals surface area contributed by atoms with E-state index in [0.29, 0.717) is 29.0 Å². The molecule has 0 saturated carbocycles. The number of nitrogens with one attached hydrogen (secondary N) is 1. The molecule has 10 heteroatoms. The van der Waals surface area contributed by atoms with Crippen LogP contribution in [0.1, 0.15) is 38.8 Å². The van der Waals surface area contributed by atoms with E-state index in [-0.39, 0.29) is 22.9 Å². The van der Waals surface area contributed by atoms with Gasteiger partial charge < -0.3 is 9.47 Å². The fourth-order valence-corrected chi connectivity index (χ4v) is 2.84. The SMILES string of the molecule is CCOc1cc(/C=N\NC(=O)c2ccncc2)ccc1OC(=O)c1ccc([N+](=O)[O-])c(C)c1. The van der Waals surface area contributed by atoms with E-state index < -0.39 is 10.9 Å². The van der Waals surface area contributed by atoms with Gasteiger partial charge >= 0.3 is 5.97 Å². The normalized spacial score (nSPS) is 10.6. The highest BCUT2D eigenvalue weighted by Gasteiger charge is 2.17. The zero-order valence-electron chi connectivity index (χ0n) is 17.8. The number of nitro groups is 1. The minimum Gasteiger partial charge on any atom is -0.490 e. The van der Waals surface area contributed by atoms with Gasteiger partial charge in [-0.05, 0) is 61.9 Å². The Labute approximate surface area is 189 Å². The third kappa shape index (κ3) is 5.97. The summed E-state index contributed by atoms with van der Waals surface area (Å²) in [6, 6.07) is 11.9. The lowest BCUT2D eigenvalue weighted by Crippen LogP contribution is -2.17. The fourth-order valence-electron chi connectivity index (χ4n) is 2.84. The Balaban J connectivity index is 1.73. The summed E-state index contributed by atoms with van der Waals surface area (Å²) in [6.07, 6.45) is 4.43. The first-order valence-corrected chi connectivity index (χ1v) is 9.86. The highest BCUT2D eigenvalue weighted by atomic mass is 16.6. The maximum Gasteiger partial charge on any atom is 0.343 e. The van der Waals surface area contributed by atoms with E-state index in [0.717, 1.165) is 0 Å². The lowest BCUT2D eigenvalue weighted by Gasteiger charge is -2.11. The average molecular weight is 448 g/mol. The van der Waals surface area contributed by atoms with Crippen LogP contribution in [0.3, 0.4) is 0 Å². The number of benzene rings is 2.